The number of hydrogen-bond acceptors (Lipinski definition) is 5. The first kappa shape index (κ1) is 14.8. The molecule has 0 unspecified atom stereocenters. The molecule has 2 N–H and O–H groups in total. The number of nitrogens with one attached hydrogen (secondary N) is 2. The van der Waals surface area contributed by atoms with E-state index >= 15 is 0 Å². The molecule has 6 heteroatoms. The van der Waals surface area contributed by atoms with Crippen LogP contribution in [0.3, 0.4) is 0 Å². The summed E-state index contributed by atoms with van der Waals surface area (Å²) in [5, 5.41) is 13.2. The maximum absolute atomic E-state index is 8.92. The highest BCUT2D eigenvalue weighted by Gasteiger charge is 2.09. The summed E-state index contributed by atoms with van der Waals surface area (Å²) in [5.74, 6) is 0.750. The van der Waals surface area contributed by atoms with E-state index < -0.39 is 0 Å². The van der Waals surface area contributed by atoms with Gasteiger partial charge in [-0.25, -0.2) is 9.97 Å². The molecule has 0 spiro atoms. The van der Waals surface area contributed by atoms with Gasteiger partial charge in [0, 0.05) is 29.5 Å². The fourth-order valence-electron chi connectivity index (χ4n) is 2.67. The van der Waals surface area contributed by atoms with Gasteiger partial charge in [-0.3, -0.25) is 4.98 Å². The van der Waals surface area contributed by atoms with Crippen molar-refractivity contribution in [1.82, 2.24) is 19.9 Å². The average molecular weight is 326 g/mol. The number of pyridine rings is 3. The number of nitriles is 1. The maximum Gasteiger partial charge on any atom is 0.140 e. The van der Waals surface area contributed by atoms with Crippen LogP contribution in [0.25, 0.3) is 22.2 Å². The van der Waals surface area contributed by atoms with Crippen molar-refractivity contribution in [3.05, 3.63) is 72.4 Å². The molecule has 0 aliphatic heterocycles. The Hall–Kier alpha value is -3.72. The van der Waals surface area contributed by atoms with Crippen molar-refractivity contribution in [2.45, 2.75) is 6.54 Å². The number of H-pyrrole nitrogens is 1. The molecule has 0 saturated carbocycles. The minimum absolute atomic E-state index is 0.400. The first-order valence-electron chi connectivity index (χ1n) is 7.82. The van der Waals surface area contributed by atoms with Crippen molar-refractivity contribution < 1.29 is 0 Å². The third kappa shape index (κ3) is 3.03. The van der Waals surface area contributed by atoms with Crippen molar-refractivity contribution in [3.8, 4) is 17.2 Å². The summed E-state index contributed by atoms with van der Waals surface area (Å²) in [7, 11) is 0. The Morgan fingerprint density at radius 3 is 2.84 bits per heavy atom. The number of aromatic nitrogens is 4. The lowest BCUT2D eigenvalue weighted by Crippen LogP contribution is -2.03. The largest absolute Gasteiger partial charge is 0.364 e. The van der Waals surface area contributed by atoms with Gasteiger partial charge < -0.3 is 10.3 Å². The molecule has 0 fully saturated rings. The molecule has 0 bridgehead atoms. The molecule has 4 aromatic rings. The molecule has 0 aromatic carbocycles. The zero-order valence-electron chi connectivity index (χ0n) is 13.3. The SMILES string of the molecule is N#Cc1ccc(-c2cc(NCc3ccccn3)nc3[nH]ccc23)cn1. The zero-order valence-corrected chi connectivity index (χ0v) is 13.3. The van der Waals surface area contributed by atoms with Gasteiger partial charge in [0.1, 0.15) is 23.2 Å². The molecule has 6 nitrogen and oxygen atoms in total. The van der Waals surface area contributed by atoms with E-state index in [0.29, 0.717) is 12.2 Å². The van der Waals surface area contributed by atoms with E-state index in [1.807, 2.05) is 48.7 Å². The first-order valence-corrected chi connectivity index (χ1v) is 7.82. The third-order valence-corrected chi connectivity index (χ3v) is 3.89. The first-order chi connectivity index (χ1) is 12.3. The lowest BCUT2D eigenvalue weighted by molar-refractivity contribution is 1.03. The van der Waals surface area contributed by atoms with Gasteiger partial charge in [0.2, 0.25) is 0 Å². The van der Waals surface area contributed by atoms with Crippen LogP contribution in [0.15, 0.2) is 61.1 Å². The average Bonchev–Trinajstić information content (AvgIpc) is 3.15. The van der Waals surface area contributed by atoms with E-state index in [1.165, 1.54) is 0 Å². The number of nitrogens with zero attached hydrogens (tertiary/aromatic N) is 4. The van der Waals surface area contributed by atoms with Gasteiger partial charge in [-0.2, -0.15) is 5.26 Å². The Kier molecular flexibility index (Phi) is 3.81. The second-order valence-electron chi connectivity index (χ2n) is 5.51. The van der Waals surface area contributed by atoms with Crippen LogP contribution in [0.5, 0.6) is 0 Å². The highest BCUT2D eigenvalue weighted by molar-refractivity contribution is 5.94. The number of hydrogen-bond donors (Lipinski definition) is 2. The van der Waals surface area contributed by atoms with Crippen molar-refractivity contribution in [3.63, 3.8) is 0 Å². The molecule has 25 heavy (non-hydrogen) atoms. The predicted octanol–water partition coefficient (Wildman–Crippen LogP) is 3.50. The summed E-state index contributed by atoms with van der Waals surface area (Å²) in [6.07, 6.45) is 5.34. The van der Waals surface area contributed by atoms with Crippen LogP contribution in [0.2, 0.25) is 0 Å². The van der Waals surface area contributed by atoms with E-state index in [-0.39, 0.29) is 0 Å². The van der Waals surface area contributed by atoms with Crippen LogP contribution in [0, 0.1) is 11.3 Å². The summed E-state index contributed by atoms with van der Waals surface area (Å²) >= 11 is 0. The van der Waals surface area contributed by atoms with Gasteiger partial charge in [-0.15, -0.1) is 0 Å². The van der Waals surface area contributed by atoms with E-state index in [9.17, 15) is 0 Å². The molecule has 0 amide bonds. The summed E-state index contributed by atoms with van der Waals surface area (Å²) in [6, 6.07) is 15.4. The normalized spacial score (nSPS) is 10.5. The zero-order chi connectivity index (χ0) is 17.1. The molecule has 0 radical (unpaired) electrons. The Morgan fingerprint density at radius 1 is 1.12 bits per heavy atom. The Morgan fingerprint density at radius 2 is 2.08 bits per heavy atom. The van der Waals surface area contributed by atoms with E-state index in [4.69, 9.17) is 5.26 Å². The standard InChI is InChI=1S/C19H14N6/c20-10-14-5-4-13(11-23-14)17-9-18(25-19-16(17)6-8-22-19)24-12-15-3-1-2-7-21-15/h1-9,11H,12H2,(H2,22,24,25). The second-order valence-corrected chi connectivity index (χ2v) is 5.51. The third-order valence-electron chi connectivity index (χ3n) is 3.89. The van der Waals surface area contributed by atoms with Crippen LogP contribution >= 0.6 is 0 Å². The number of rotatable bonds is 4. The molecule has 4 rings (SSSR count). The highest BCUT2D eigenvalue weighted by atomic mass is 15.0. The fourth-order valence-corrected chi connectivity index (χ4v) is 2.67. The molecule has 4 heterocycles. The van der Waals surface area contributed by atoms with E-state index in [1.54, 1.807) is 18.5 Å². The molecular weight excluding hydrogens is 312 g/mol. The number of anilines is 1. The van der Waals surface area contributed by atoms with Crippen molar-refractivity contribution >= 4 is 16.9 Å². The summed E-state index contributed by atoms with van der Waals surface area (Å²) in [5.41, 5.74) is 4.08. The minimum Gasteiger partial charge on any atom is -0.364 e. The fraction of sp³-hybridized carbons (Fsp3) is 0.0526. The van der Waals surface area contributed by atoms with E-state index in [0.717, 1.165) is 33.7 Å². The summed E-state index contributed by atoms with van der Waals surface area (Å²) < 4.78 is 0. The van der Waals surface area contributed by atoms with Crippen LogP contribution in [0.1, 0.15) is 11.4 Å². The Labute approximate surface area is 144 Å². The molecular formula is C19H14N6. The van der Waals surface area contributed by atoms with Gasteiger partial charge >= 0.3 is 0 Å². The summed E-state index contributed by atoms with van der Waals surface area (Å²) in [6.45, 7) is 0.588. The molecule has 0 aliphatic carbocycles. The lowest BCUT2D eigenvalue weighted by atomic mass is 10.1. The molecule has 0 atom stereocenters. The van der Waals surface area contributed by atoms with Crippen LogP contribution < -0.4 is 5.32 Å². The van der Waals surface area contributed by atoms with Crippen molar-refractivity contribution in [2.75, 3.05) is 5.32 Å². The van der Waals surface area contributed by atoms with Gasteiger partial charge in [-0.05, 0) is 42.0 Å². The van der Waals surface area contributed by atoms with E-state index in [2.05, 4.69) is 25.3 Å². The maximum atomic E-state index is 8.92. The summed E-state index contributed by atoms with van der Waals surface area (Å²) in [4.78, 5) is 16.2. The highest BCUT2D eigenvalue weighted by Crippen LogP contribution is 2.29. The van der Waals surface area contributed by atoms with Crippen molar-refractivity contribution in [1.29, 1.82) is 5.26 Å². The minimum atomic E-state index is 0.400. The molecule has 120 valence electrons. The van der Waals surface area contributed by atoms with Gasteiger partial charge in [0.05, 0.1) is 12.2 Å². The predicted molar refractivity (Wildman–Crippen MR) is 95.6 cm³/mol. The topological polar surface area (TPSA) is 90.3 Å². The Balaban J connectivity index is 1.70. The second kappa shape index (κ2) is 6.42. The quantitative estimate of drug-likeness (QED) is 0.599. The van der Waals surface area contributed by atoms with Crippen LogP contribution in [-0.2, 0) is 6.54 Å². The van der Waals surface area contributed by atoms with Crippen molar-refractivity contribution in [2.24, 2.45) is 0 Å². The Bertz CT molecular complexity index is 1040. The van der Waals surface area contributed by atoms with Gasteiger partial charge in [0.15, 0.2) is 0 Å². The lowest BCUT2D eigenvalue weighted by Gasteiger charge is -2.09. The monoisotopic (exact) mass is 326 g/mol. The smallest absolute Gasteiger partial charge is 0.140 e. The van der Waals surface area contributed by atoms with Crippen LogP contribution in [-0.4, -0.2) is 19.9 Å². The van der Waals surface area contributed by atoms with Gasteiger partial charge in [0.25, 0.3) is 0 Å². The van der Waals surface area contributed by atoms with Crippen LogP contribution in [0.4, 0.5) is 5.82 Å². The number of fused-ring (bicyclic) bond motifs is 1. The molecule has 0 saturated heterocycles. The van der Waals surface area contributed by atoms with Gasteiger partial charge in [-0.1, -0.05) is 6.07 Å². The molecule has 0 aliphatic rings. The molecule has 4 aromatic heterocycles. The number of aromatic amines is 1.